The predicted octanol–water partition coefficient (Wildman–Crippen LogP) is 1.62. The van der Waals surface area contributed by atoms with E-state index in [4.69, 9.17) is 0 Å². The molecule has 5 nitrogen and oxygen atoms in total. The molecule has 0 radical (unpaired) electrons. The molecule has 2 rings (SSSR count). The van der Waals surface area contributed by atoms with Gasteiger partial charge in [-0.05, 0) is 30.8 Å². The van der Waals surface area contributed by atoms with Crippen molar-refractivity contribution < 1.29 is 14.3 Å². The van der Waals surface area contributed by atoms with Gasteiger partial charge in [-0.15, -0.1) is 11.3 Å². The number of hydrogen-bond donors (Lipinski definition) is 2. The van der Waals surface area contributed by atoms with Gasteiger partial charge in [-0.25, -0.2) is 4.79 Å². The second-order valence-electron chi connectivity index (χ2n) is 4.15. The van der Waals surface area contributed by atoms with E-state index in [1.54, 1.807) is 11.4 Å². The van der Waals surface area contributed by atoms with Crippen molar-refractivity contribution in [1.29, 1.82) is 0 Å². The van der Waals surface area contributed by atoms with E-state index in [9.17, 15) is 9.59 Å². The first-order valence-electron chi connectivity index (χ1n) is 5.92. The van der Waals surface area contributed by atoms with Crippen molar-refractivity contribution in [3.8, 4) is 0 Å². The van der Waals surface area contributed by atoms with Crippen molar-refractivity contribution in [2.75, 3.05) is 19.0 Å². The first-order chi connectivity index (χ1) is 8.72. The molecule has 18 heavy (non-hydrogen) atoms. The van der Waals surface area contributed by atoms with Crippen molar-refractivity contribution in [2.24, 2.45) is 0 Å². The summed E-state index contributed by atoms with van der Waals surface area (Å²) in [6.45, 7) is 0.867. The largest absolute Gasteiger partial charge is 0.465 e. The SMILES string of the molecule is COC(=O)c1sccc1NC(=O)[C@H]1CCCCN1. The van der Waals surface area contributed by atoms with Crippen molar-refractivity contribution in [3.63, 3.8) is 0 Å². The molecule has 6 heteroatoms. The molecule has 1 aromatic heterocycles. The normalized spacial score (nSPS) is 19.3. The number of carbonyl (C=O) groups is 2. The van der Waals surface area contributed by atoms with Crippen LogP contribution in [-0.2, 0) is 9.53 Å². The van der Waals surface area contributed by atoms with Crippen molar-refractivity contribution in [1.82, 2.24) is 5.32 Å². The molecule has 1 aliphatic rings. The Balaban J connectivity index is 2.02. The van der Waals surface area contributed by atoms with Gasteiger partial charge in [0, 0.05) is 0 Å². The molecule has 1 fully saturated rings. The molecule has 98 valence electrons. The lowest BCUT2D eigenvalue weighted by atomic mass is 10.0. The molecule has 1 aromatic rings. The van der Waals surface area contributed by atoms with E-state index < -0.39 is 5.97 Å². The third-order valence-electron chi connectivity index (χ3n) is 2.92. The number of carbonyl (C=O) groups excluding carboxylic acids is 2. The van der Waals surface area contributed by atoms with Gasteiger partial charge in [0.05, 0.1) is 18.8 Å². The second-order valence-corrected chi connectivity index (χ2v) is 5.06. The molecule has 1 aliphatic heterocycles. The fourth-order valence-corrected chi connectivity index (χ4v) is 2.72. The van der Waals surface area contributed by atoms with Crippen LogP contribution < -0.4 is 10.6 Å². The van der Waals surface area contributed by atoms with Crippen LogP contribution in [-0.4, -0.2) is 31.6 Å². The van der Waals surface area contributed by atoms with Crippen molar-refractivity contribution in [2.45, 2.75) is 25.3 Å². The molecule has 2 heterocycles. The molecule has 0 bridgehead atoms. The van der Waals surface area contributed by atoms with Gasteiger partial charge in [0.25, 0.3) is 0 Å². The number of nitrogens with one attached hydrogen (secondary N) is 2. The molecule has 0 spiro atoms. The van der Waals surface area contributed by atoms with E-state index >= 15 is 0 Å². The quantitative estimate of drug-likeness (QED) is 0.817. The Morgan fingerprint density at radius 2 is 2.33 bits per heavy atom. The minimum absolute atomic E-state index is 0.0850. The predicted molar refractivity (Wildman–Crippen MR) is 69.9 cm³/mol. The minimum atomic E-state index is -0.420. The van der Waals surface area contributed by atoms with Gasteiger partial charge in [-0.2, -0.15) is 0 Å². The van der Waals surface area contributed by atoms with Crippen LogP contribution in [0.2, 0.25) is 0 Å². The first kappa shape index (κ1) is 13.0. The van der Waals surface area contributed by atoms with Gasteiger partial charge in [-0.1, -0.05) is 6.42 Å². The summed E-state index contributed by atoms with van der Waals surface area (Å²) in [7, 11) is 1.33. The molecule has 0 aliphatic carbocycles. The molecule has 1 atom stereocenters. The zero-order chi connectivity index (χ0) is 13.0. The van der Waals surface area contributed by atoms with Crippen molar-refractivity contribution >= 4 is 28.9 Å². The van der Waals surface area contributed by atoms with Crippen LogP contribution in [0.5, 0.6) is 0 Å². The fourth-order valence-electron chi connectivity index (χ4n) is 1.95. The average Bonchev–Trinajstić information content (AvgIpc) is 2.87. The van der Waals surface area contributed by atoms with Crippen molar-refractivity contribution in [3.05, 3.63) is 16.3 Å². The number of anilines is 1. The van der Waals surface area contributed by atoms with E-state index in [-0.39, 0.29) is 11.9 Å². The van der Waals surface area contributed by atoms with E-state index in [0.29, 0.717) is 10.6 Å². The van der Waals surface area contributed by atoms with Crippen LogP contribution in [0.1, 0.15) is 28.9 Å². The minimum Gasteiger partial charge on any atom is -0.465 e. The Hall–Kier alpha value is -1.40. The summed E-state index contributed by atoms with van der Waals surface area (Å²) in [5.74, 6) is -0.504. The Bertz CT molecular complexity index is 438. The monoisotopic (exact) mass is 268 g/mol. The van der Waals surface area contributed by atoms with Gasteiger partial charge in [0.2, 0.25) is 5.91 Å². The smallest absolute Gasteiger partial charge is 0.350 e. The zero-order valence-electron chi connectivity index (χ0n) is 10.2. The van der Waals surface area contributed by atoms with Crippen LogP contribution in [0.25, 0.3) is 0 Å². The summed E-state index contributed by atoms with van der Waals surface area (Å²) in [6.07, 6.45) is 3.00. The van der Waals surface area contributed by atoms with Gasteiger partial charge in [-0.3, -0.25) is 4.79 Å². The van der Waals surface area contributed by atoms with Crippen LogP contribution in [0.3, 0.4) is 0 Å². The van der Waals surface area contributed by atoms with E-state index in [0.717, 1.165) is 25.8 Å². The van der Waals surface area contributed by atoms with Gasteiger partial charge in [0.15, 0.2) is 0 Å². The standard InChI is InChI=1S/C12H16N2O3S/c1-17-12(16)10-8(5-7-18-10)14-11(15)9-4-2-3-6-13-9/h5,7,9,13H,2-4,6H2,1H3,(H,14,15)/t9-/m1/s1. The highest BCUT2D eigenvalue weighted by atomic mass is 32.1. The summed E-state index contributed by atoms with van der Waals surface area (Å²) < 4.78 is 4.67. The van der Waals surface area contributed by atoms with E-state index in [1.807, 2.05) is 0 Å². The van der Waals surface area contributed by atoms with Gasteiger partial charge >= 0.3 is 5.97 Å². The number of thiophene rings is 1. The van der Waals surface area contributed by atoms with Crippen LogP contribution in [0.15, 0.2) is 11.4 Å². The highest BCUT2D eigenvalue weighted by Crippen LogP contribution is 2.23. The lowest BCUT2D eigenvalue weighted by molar-refractivity contribution is -0.118. The van der Waals surface area contributed by atoms with Gasteiger partial charge < -0.3 is 15.4 Å². The molecule has 1 saturated heterocycles. The summed E-state index contributed by atoms with van der Waals surface area (Å²) >= 11 is 1.26. The third kappa shape index (κ3) is 2.88. The summed E-state index contributed by atoms with van der Waals surface area (Å²) in [6, 6.07) is 1.56. The van der Waals surface area contributed by atoms with Crippen LogP contribution in [0.4, 0.5) is 5.69 Å². The number of ether oxygens (including phenoxy) is 1. The zero-order valence-corrected chi connectivity index (χ0v) is 11.0. The number of methoxy groups -OCH3 is 1. The van der Waals surface area contributed by atoms with Gasteiger partial charge in [0.1, 0.15) is 4.88 Å². The number of piperidine rings is 1. The molecule has 0 aromatic carbocycles. The molecule has 0 unspecified atom stereocenters. The maximum absolute atomic E-state index is 12.0. The Labute approximate surface area is 110 Å². The molecule has 1 amide bonds. The maximum atomic E-state index is 12.0. The Kier molecular flexibility index (Phi) is 4.33. The highest BCUT2D eigenvalue weighted by Gasteiger charge is 2.22. The third-order valence-corrected chi connectivity index (χ3v) is 3.82. The highest BCUT2D eigenvalue weighted by molar-refractivity contribution is 7.12. The number of esters is 1. The summed E-state index contributed by atoms with van der Waals surface area (Å²) in [5.41, 5.74) is 0.532. The van der Waals surface area contributed by atoms with E-state index in [1.165, 1.54) is 18.4 Å². The number of rotatable bonds is 3. The first-order valence-corrected chi connectivity index (χ1v) is 6.80. The lowest BCUT2D eigenvalue weighted by Gasteiger charge is -2.22. The Morgan fingerprint density at radius 1 is 1.50 bits per heavy atom. The molecule has 2 N–H and O–H groups in total. The summed E-state index contributed by atoms with van der Waals surface area (Å²) in [5, 5.41) is 7.71. The lowest BCUT2D eigenvalue weighted by Crippen LogP contribution is -2.43. The van der Waals surface area contributed by atoms with Crippen LogP contribution in [0, 0.1) is 0 Å². The number of amides is 1. The average molecular weight is 268 g/mol. The summed E-state index contributed by atoms with van der Waals surface area (Å²) in [4.78, 5) is 23.9. The van der Waals surface area contributed by atoms with E-state index in [2.05, 4.69) is 15.4 Å². The number of hydrogen-bond acceptors (Lipinski definition) is 5. The molecular weight excluding hydrogens is 252 g/mol. The molecular formula is C12H16N2O3S. The maximum Gasteiger partial charge on any atom is 0.350 e. The van der Waals surface area contributed by atoms with Crippen LogP contribution >= 0.6 is 11.3 Å². The topological polar surface area (TPSA) is 67.4 Å². The fraction of sp³-hybridized carbons (Fsp3) is 0.500. The second kappa shape index (κ2) is 5.97. The Morgan fingerprint density at radius 3 is 3.00 bits per heavy atom. The molecule has 0 saturated carbocycles.